The highest BCUT2D eigenvalue weighted by molar-refractivity contribution is 5.95. The number of carbonyl (C=O) groups excluding carboxylic acids is 2. The fraction of sp³-hybridized carbons (Fsp3) is 0.235. The van der Waals surface area contributed by atoms with E-state index in [0.29, 0.717) is 5.76 Å². The number of nitrogens with one attached hydrogen (secondary N) is 1. The van der Waals surface area contributed by atoms with E-state index < -0.39 is 5.91 Å². The number of carbonyl (C=O) groups is 2. The van der Waals surface area contributed by atoms with Crippen LogP contribution >= 0.6 is 0 Å². The van der Waals surface area contributed by atoms with Gasteiger partial charge in [0.1, 0.15) is 0 Å². The van der Waals surface area contributed by atoms with Crippen molar-refractivity contribution in [2.24, 2.45) is 0 Å². The van der Waals surface area contributed by atoms with Gasteiger partial charge in [-0.2, -0.15) is 0 Å². The van der Waals surface area contributed by atoms with E-state index in [1.165, 1.54) is 11.9 Å². The zero-order valence-electron chi connectivity index (χ0n) is 13.0. The molecule has 0 aliphatic rings. The van der Waals surface area contributed by atoms with E-state index >= 15 is 0 Å². The Kier molecular flexibility index (Phi) is 5.15. The van der Waals surface area contributed by atoms with Crippen LogP contribution in [0.1, 0.15) is 16.1 Å². The van der Waals surface area contributed by atoms with Gasteiger partial charge in [0.25, 0.3) is 5.91 Å². The number of aryl methyl sites for hydroxylation is 1. The Morgan fingerprint density at radius 2 is 2.04 bits per heavy atom. The molecule has 0 saturated heterocycles. The molecule has 1 N–H and O–H groups in total. The molecule has 1 aromatic carbocycles. The predicted molar refractivity (Wildman–Crippen MR) is 85.5 cm³/mol. The number of benzene rings is 1. The minimum Gasteiger partial charge on any atom is -0.355 e. The fourth-order valence-electron chi connectivity index (χ4n) is 1.92. The van der Waals surface area contributed by atoms with Gasteiger partial charge in [-0.3, -0.25) is 9.59 Å². The van der Waals surface area contributed by atoms with Crippen LogP contribution in [0.3, 0.4) is 0 Å². The molecule has 0 radical (unpaired) electrons. The van der Waals surface area contributed by atoms with Gasteiger partial charge in [0.15, 0.2) is 11.5 Å². The van der Waals surface area contributed by atoms with E-state index in [4.69, 9.17) is 10.9 Å². The lowest BCUT2D eigenvalue weighted by Gasteiger charge is -2.14. The number of terminal acetylenes is 1. The van der Waals surface area contributed by atoms with Gasteiger partial charge in [0, 0.05) is 18.7 Å². The van der Waals surface area contributed by atoms with Gasteiger partial charge in [-0.15, -0.1) is 6.42 Å². The Morgan fingerprint density at radius 3 is 2.70 bits per heavy atom. The minimum absolute atomic E-state index is 0.104. The fourth-order valence-corrected chi connectivity index (χ4v) is 1.92. The number of amides is 2. The van der Waals surface area contributed by atoms with Crippen molar-refractivity contribution in [1.29, 1.82) is 0 Å². The van der Waals surface area contributed by atoms with Gasteiger partial charge in [0.2, 0.25) is 5.91 Å². The highest BCUT2D eigenvalue weighted by atomic mass is 16.5. The summed E-state index contributed by atoms with van der Waals surface area (Å²) in [5, 5.41) is 6.27. The zero-order valence-corrected chi connectivity index (χ0v) is 13.0. The molecular weight excluding hydrogens is 294 g/mol. The second kappa shape index (κ2) is 7.27. The average molecular weight is 311 g/mol. The molecule has 1 aromatic heterocycles. The van der Waals surface area contributed by atoms with Crippen molar-refractivity contribution in [1.82, 2.24) is 15.4 Å². The van der Waals surface area contributed by atoms with Gasteiger partial charge in [-0.05, 0) is 6.92 Å². The van der Waals surface area contributed by atoms with Crippen LogP contribution in [0.15, 0.2) is 34.9 Å². The van der Waals surface area contributed by atoms with E-state index in [9.17, 15) is 9.59 Å². The molecule has 2 rings (SSSR count). The Labute approximate surface area is 134 Å². The Morgan fingerprint density at radius 1 is 1.35 bits per heavy atom. The number of hydrogen-bond donors (Lipinski definition) is 1. The van der Waals surface area contributed by atoms with Crippen LogP contribution in [0.4, 0.5) is 0 Å². The monoisotopic (exact) mass is 311 g/mol. The van der Waals surface area contributed by atoms with E-state index in [2.05, 4.69) is 16.4 Å². The molecule has 0 saturated carbocycles. The first-order valence-corrected chi connectivity index (χ1v) is 7.00. The summed E-state index contributed by atoms with van der Waals surface area (Å²) < 4.78 is 5.21. The maximum Gasteiger partial charge on any atom is 0.276 e. The average Bonchev–Trinajstić information content (AvgIpc) is 3.02. The molecule has 23 heavy (non-hydrogen) atoms. The van der Waals surface area contributed by atoms with Gasteiger partial charge in [-0.1, -0.05) is 40.9 Å². The summed E-state index contributed by atoms with van der Waals surface area (Å²) in [4.78, 5) is 25.1. The summed E-state index contributed by atoms with van der Waals surface area (Å²) in [6.45, 7) is 2.01. The lowest BCUT2D eigenvalue weighted by molar-refractivity contribution is -0.121. The first-order valence-electron chi connectivity index (χ1n) is 7.00. The lowest BCUT2D eigenvalue weighted by Crippen LogP contribution is -2.38. The Hall–Kier alpha value is -3.07. The van der Waals surface area contributed by atoms with Crippen molar-refractivity contribution >= 4 is 11.8 Å². The molecule has 0 spiro atoms. The predicted octanol–water partition coefficient (Wildman–Crippen LogP) is 1.47. The van der Waals surface area contributed by atoms with E-state index in [0.717, 1.165) is 11.1 Å². The van der Waals surface area contributed by atoms with Crippen molar-refractivity contribution in [2.75, 3.05) is 20.1 Å². The van der Waals surface area contributed by atoms with Crippen LogP contribution in [-0.4, -0.2) is 42.0 Å². The standard InChI is InChI=1S/C17H17N3O3/c1-4-9-18-16(21)11-20(3)17(22)14-10-15(23-19-14)13-7-5-12(2)6-8-13/h1,5-8,10H,9,11H2,2-3H3,(H,18,21). The first-order chi connectivity index (χ1) is 11.0. The van der Waals surface area contributed by atoms with Crippen molar-refractivity contribution in [3.8, 4) is 23.7 Å². The van der Waals surface area contributed by atoms with Crippen molar-refractivity contribution in [3.05, 3.63) is 41.6 Å². The third-order valence-corrected chi connectivity index (χ3v) is 3.18. The molecule has 2 aromatic rings. The van der Waals surface area contributed by atoms with Crippen molar-refractivity contribution < 1.29 is 14.1 Å². The third kappa shape index (κ3) is 4.20. The van der Waals surface area contributed by atoms with Gasteiger partial charge in [-0.25, -0.2) is 0 Å². The van der Waals surface area contributed by atoms with Crippen LogP contribution in [0.2, 0.25) is 0 Å². The molecular formula is C17H17N3O3. The maximum atomic E-state index is 12.2. The lowest BCUT2D eigenvalue weighted by atomic mass is 10.1. The largest absolute Gasteiger partial charge is 0.355 e. The van der Waals surface area contributed by atoms with Crippen molar-refractivity contribution in [3.63, 3.8) is 0 Å². The van der Waals surface area contributed by atoms with Crippen molar-refractivity contribution in [2.45, 2.75) is 6.92 Å². The smallest absolute Gasteiger partial charge is 0.276 e. The number of hydrogen-bond acceptors (Lipinski definition) is 4. The van der Waals surface area contributed by atoms with Gasteiger partial charge >= 0.3 is 0 Å². The highest BCUT2D eigenvalue weighted by Gasteiger charge is 2.19. The SMILES string of the molecule is C#CCNC(=O)CN(C)C(=O)c1cc(-c2ccc(C)cc2)on1. The third-order valence-electron chi connectivity index (χ3n) is 3.18. The molecule has 0 fully saturated rings. The second-order valence-electron chi connectivity index (χ2n) is 5.08. The molecule has 1 heterocycles. The van der Waals surface area contributed by atoms with Crippen LogP contribution < -0.4 is 5.32 Å². The minimum atomic E-state index is -0.400. The summed E-state index contributed by atoms with van der Waals surface area (Å²) in [6, 6.07) is 9.23. The van der Waals surface area contributed by atoms with E-state index in [1.807, 2.05) is 31.2 Å². The summed E-state index contributed by atoms with van der Waals surface area (Å²) >= 11 is 0. The Bertz CT molecular complexity index is 741. The van der Waals surface area contributed by atoms with Crippen LogP contribution in [-0.2, 0) is 4.79 Å². The molecule has 2 amide bonds. The summed E-state index contributed by atoms with van der Waals surface area (Å²) in [6.07, 6.45) is 5.06. The number of nitrogens with zero attached hydrogens (tertiary/aromatic N) is 2. The highest BCUT2D eigenvalue weighted by Crippen LogP contribution is 2.21. The topological polar surface area (TPSA) is 75.4 Å². The Balaban J connectivity index is 2.04. The molecule has 6 heteroatoms. The molecule has 118 valence electrons. The summed E-state index contributed by atoms with van der Waals surface area (Å²) in [5.74, 6) is 2.06. The van der Waals surface area contributed by atoms with E-state index in [-0.39, 0.29) is 24.7 Å². The maximum absolute atomic E-state index is 12.2. The number of aromatic nitrogens is 1. The molecule has 0 aliphatic carbocycles. The summed E-state index contributed by atoms with van der Waals surface area (Å²) in [5.41, 5.74) is 2.10. The molecule has 0 atom stereocenters. The van der Waals surface area contributed by atoms with Crippen LogP contribution in [0, 0.1) is 19.3 Å². The van der Waals surface area contributed by atoms with Gasteiger partial charge in [0.05, 0.1) is 13.1 Å². The van der Waals surface area contributed by atoms with Crippen LogP contribution in [0.5, 0.6) is 0 Å². The number of rotatable bonds is 5. The summed E-state index contributed by atoms with van der Waals surface area (Å²) in [7, 11) is 1.51. The quantitative estimate of drug-likeness (QED) is 0.849. The van der Waals surface area contributed by atoms with Gasteiger partial charge < -0.3 is 14.7 Å². The first kappa shape index (κ1) is 16.3. The second-order valence-corrected chi connectivity index (χ2v) is 5.08. The zero-order chi connectivity index (χ0) is 16.8. The number of likely N-dealkylation sites (N-methyl/N-ethyl adjacent to an activating group) is 1. The molecule has 6 nitrogen and oxygen atoms in total. The molecule has 0 unspecified atom stereocenters. The van der Waals surface area contributed by atoms with Crippen LogP contribution in [0.25, 0.3) is 11.3 Å². The normalized spacial score (nSPS) is 9.96. The van der Waals surface area contributed by atoms with E-state index in [1.54, 1.807) is 6.07 Å². The molecule has 0 aliphatic heterocycles. The molecule has 0 bridgehead atoms.